The third-order valence-corrected chi connectivity index (χ3v) is 7.10. The zero-order valence-electron chi connectivity index (χ0n) is 24.3. The van der Waals surface area contributed by atoms with Crippen molar-refractivity contribution in [3.05, 3.63) is 88.9 Å². The minimum atomic E-state index is 0.350. The largest absolute Gasteiger partial charge is 0.362 e. The first-order valence-electron chi connectivity index (χ1n) is 13.8. The average molecular weight is 524 g/mol. The van der Waals surface area contributed by atoms with Gasteiger partial charge in [0.25, 0.3) is 0 Å². The van der Waals surface area contributed by atoms with E-state index in [4.69, 9.17) is 20.2 Å². The lowest BCUT2D eigenvalue weighted by molar-refractivity contribution is 0.510. The number of nitrogens with zero attached hydrogens (tertiary/aromatic N) is 7. The normalized spacial score (nSPS) is 12.7. The van der Waals surface area contributed by atoms with Gasteiger partial charge >= 0.3 is 0 Å². The highest BCUT2D eigenvalue weighted by atomic mass is 15.4. The average Bonchev–Trinajstić information content (AvgIpc) is 3.44. The van der Waals surface area contributed by atoms with Crippen LogP contribution in [-0.2, 0) is 0 Å². The van der Waals surface area contributed by atoms with Crippen LogP contribution in [-0.4, -0.2) is 59.2 Å². The highest BCUT2D eigenvalue weighted by Crippen LogP contribution is 2.30. The number of anilines is 1. The molecule has 0 aliphatic heterocycles. The quantitative estimate of drug-likeness (QED) is 0.168. The van der Waals surface area contributed by atoms with Crippen LogP contribution in [0.25, 0.3) is 11.4 Å². The monoisotopic (exact) mass is 523 g/mol. The molecule has 0 N–H and O–H groups in total. The number of rotatable bonds is 11. The maximum atomic E-state index is 4.89. The Labute approximate surface area is 232 Å². The van der Waals surface area contributed by atoms with Crippen molar-refractivity contribution in [2.75, 3.05) is 32.1 Å². The first-order chi connectivity index (χ1) is 18.8. The number of aliphatic imine (C=N–C) groups is 2. The predicted octanol–water partition coefficient (Wildman–Crippen LogP) is 6.43. The number of aromatic nitrogens is 4. The second-order valence-electron chi connectivity index (χ2n) is 10.6. The number of hydrogen-bond donors (Lipinski definition) is 0. The van der Waals surface area contributed by atoms with E-state index >= 15 is 0 Å². The molecule has 0 aliphatic carbocycles. The summed E-state index contributed by atoms with van der Waals surface area (Å²) in [7, 11) is 4.08. The van der Waals surface area contributed by atoms with Crippen LogP contribution < -0.4 is 4.90 Å². The summed E-state index contributed by atoms with van der Waals surface area (Å²) < 4.78 is 4.07. The van der Waals surface area contributed by atoms with Gasteiger partial charge in [-0.3, -0.25) is 9.98 Å². The van der Waals surface area contributed by atoms with Gasteiger partial charge in [-0.1, -0.05) is 57.2 Å². The second-order valence-corrected chi connectivity index (χ2v) is 10.6. The van der Waals surface area contributed by atoms with E-state index in [2.05, 4.69) is 73.7 Å². The van der Waals surface area contributed by atoms with Gasteiger partial charge in [-0.05, 0) is 50.5 Å². The Morgan fingerprint density at radius 2 is 1.23 bits per heavy atom. The molecular weight excluding hydrogens is 482 g/mol. The number of benzene rings is 2. The summed E-state index contributed by atoms with van der Waals surface area (Å²) in [6.45, 7) is 12.3. The molecule has 0 spiro atoms. The van der Waals surface area contributed by atoms with E-state index in [1.165, 1.54) is 5.69 Å². The van der Waals surface area contributed by atoms with E-state index in [0.29, 0.717) is 24.9 Å². The molecule has 0 fully saturated rings. The first-order valence-corrected chi connectivity index (χ1v) is 13.8. The molecular formula is C32H41N7. The van der Waals surface area contributed by atoms with Crippen molar-refractivity contribution in [1.29, 1.82) is 0 Å². The molecule has 0 radical (unpaired) electrons. The van der Waals surface area contributed by atoms with Crippen molar-refractivity contribution in [2.24, 2.45) is 15.9 Å². The minimum absolute atomic E-state index is 0.350. The molecule has 4 aromatic rings. The van der Waals surface area contributed by atoms with Gasteiger partial charge in [-0.15, -0.1) is 0 Å². The third-order valence-electron chi connectivity index (χ3n) is 7.10. The van der Waals surface area contributed by atoms with Gasteiger partial charge in [0.2, 0.25) is 0 Å². The first kappa shape index (κ1) is 28.0. The summed E-state index contributed by atoms with van der Waals surface area (Å²) in [4.78, 5) is 11.6. The van der Waals surface area contributed by atoms with Crippen molar-refractivity contribution >= 4 is 18.2 Å². The Morgan fingerprint density at radius 3 is 1.77 bits per heavy atom. The lowest BCUT2D eigenvalue weighted by atomic mass is 9.91. The molecule has 0 amide bonds. The Morgan fingerprint density at radius 1 is 0.744 bits per heavy atom. The highest BCUT2D eigenvalue weighted by Gasteiger charge is 2.22. The summed E-state index contributed by atoms with van der Waals surface area (Å²) in [5.41, 5.74) is 7.48. The standard InChI is InChI=1S/C32H41N7/c1-23(2)24(3)31-29(25(4)35-38(31)27-15-10-8-11-16-27)21-33-19-14-20-34-22-30-26(5)36-39(32(30)37(6)7)28-17-12-9-13-18-28/h8-13,15-18,21-24H,14,19-20H2,1-7H3. The summed E-state index contributed by atoms with van der Waals surface area (Å²) in [5.74, 6) is 1.87. The molecule has 2 aromatic heterocycles. The van der Waals surface area contributed by atoms with Gasteiger partial charge in [-0.25, -0.2) is 9.36 Å². The summed E-state index contributed by atoms with van der Waals surface area (Å²) in [6, 6.07) is 20.6. The Hall–Kier alpha value is -4.00. The fourth-order valence-corrected chi connectivity index (χ4v) is 4.66. The summed E-state index contributed by atoms with van der Waals surface area (Å²) in [5, 5.41) is 9.67. The van der Waals surface area contributed by atoms with Crippen molar-refractivity contribution in [3.63, 3.8) is 0 Å². The van der Waals surface area contributed by atoms with Crippen molar-refractivity contribution < 1.29 is 0 Å². The van der Waals surface area contributed by atoms with Crippen LogP contribution >= 0.6 is 0 Å². The van der Waals surface area contributed by atoms with Crippen molar-refractivity contribution in [3.8, 4) is 11.4 Å². The van der Waals surface area contributed by atoms with Crippen LogP contribution in [0, 0.1) is 19.8 Å². The molecule has 39 heavy (non-hydrogen) atoms. The third kappa shape index (κ3) is 6.36. The van der Waals surface area contributed by atoms with Gasteiger partial charge in [0.05, 0.1) is 34.0 Å². The van der Waals surface area contributed by atoms with Crippen LogP contribution in [0.15, 0.2) is 70.6 Å². The van der Waals surface area contributed by atoms with Gasteiger partial charge in [0.15, 0.2) is 0 Å². The van der Waals surface area contributed by atoms with Crippen LogP contribution in [0.4, 0.5) is 5.82 Å². The molecule has 0 bridgehead atoms. The predicted molar refractivity (Wildman–Crippen MR) is 164 cm³/mol. The summed E-state index contributed by atoms with van der Waals surface area (Å²) >= 11 is 0. The van der Waals surface area contributed by atoms with Crippen LogP contribution in [0.3, 0.4) is 0 Å². The van der Waals surface area contributed by atoms with Crippen LogP contribution in [0.5, 0.6) is 0 Å². The Kier molecular flexibility index (Phi) is 9.12. The van der Waals surface area contributed by atoms with Crippen LogP contribution in [0.1, 0.15) is 61.3 Å². The molecule has 1 atom stereocenters. The molecule has 7 heteroatoms. The zero-order chi connectivity index (χ0) is 27.9. The number of para-hydroxylation sites is 2. The van der Waals surface area contributed by atoms with E-state index in [-0.39, 0.29) is 0 Å². The maximum Gasteiger partial charge on any atom is 0.141 e. The molecule has 0 saturated carbocycles. The van der Waals surface area contributed by atoms with Gasteiger partial charge in [0.1, 0.15) is 5.82 Å². The fourth-order valence-electron chi connectivity index (χ4n) is 4.66. The molecule has 2 aromatic carbocycles. The molecule has 1 unspecified atom stereocenters. The molecule has 4 rings (SSSR count). The fraction of sp³-hybridized carbons (Fsp3) is 0.375. The van der Waals surface area contributed by atoms with Crippen LogP contribution in [0.2, 0.25) is 0 Å². The minimum Gasteiger partial charge on any atom is -0.362 e. The molecule has 0 saturated heterocycles. The van der Waals surface area contributed by atoms with Crippen molar-refractivity contribution in [2.45, 2.75) is 47.0 Å². The SMILES string of the molecule is Cc1nn(-c2ccccc2)c(C(C)C(C)C)c1C=NCCCN=Cc1c(C)nn(-c2ccccc2)c1N(C)C. The number of hydrogen-bond acceptors (Lipinski definition) is 5. The lowest BCUT2D eigenvalue weighted by Crippen LogP contribution is -2.15. The number of aryl methyl sites for hydroxylation is 2. The van der Waals surface area contributed by atoms with Gasteiger partial charge in [-0.2, -0.15) is 10.2 Å². The van der Waals surface area contributed by atoms with E-state index in [9.17, 15) is 0 Å². The lowest BCUT2D eigenvalue weighted by Gasteiger charge is -2.19. The molecule has 7 nitrogen and oxygen atoms in total. The zero-order valence-corrected chi connectivity index (χ0v) is 24.3. The van der Waals surface area contributed by atoms with E-state index in [0.717, 1.165) is 46.1 Å². The van der Waals surface area contributed by atoms with Gasteiger partial charge in [0, 0.05) is 51.1 Å². The van der Waals surface area contributed by atoms with E-state index < -0.39 is 0 Å². The topological polar surface area (TPSA) is 63.6 Å². The van der Waals surface area contributed by atoms with E-state index in [1.807, 2.05) is 62.4 Å². The second kappa shape index (κ2) is 12.7. The Balaban J connectivity index is 1.45. The molecule has 2 heterocycles. The van der Waals surface area contributed by atoms with E-state index in [1.54, 1.807) is 0 Å². The maximum absolute atomic E-state index is 4.89. The molecule has 204 valence electrons. The summed E-state index contributed by atoms with van der Waals surface area (Å²) in [6.07, 6.45) is 4.84. The Bertz CT molecular complexity index is 1410. The highest BCUT2D eigenvalue weighted by molar-refractivity contribution is 5.89. The van der Waals surface area contributed by atoms with Crippen molar-refractivity contribution in [1.82, 2.24) is 19.6 Å². The smallest absolute Gasteiger partial charge is 0.141 e. The molecule has 0 aliphatic rings. The van der Waals surface area contributed by atoms with Gasteiger partial charge < -0.3 is 4.90 Å².